The van der Waals surface area contributed by atoms with E-state index in [1.165, 1.54) is 6.08 Å². The average Bonchev–Trinajstić information content (AvgIpc) is 2.91. The second kappa shape index (κ2) is 5.43. The maximum Gasteiger partial charge on any atom is 0.159 e. The summed E-state index contributed by atoms with van der Waals surface area (Å²) in [5, 5.41) is 7.48. The van der Waals surface area contributed by atoms with Crippen molar-refractivity contribution in [3.63, 3.8) is 0 Å². The van der Waals surface area contributed by atoms with Gasteiger partial charge in [-0.05, 0) is 17.7 Å². The molecule has 0 radical (unpaired) electrons. The molecule has 3 rings (SSSR count). The summed E-state index contributed by atoms with van der Waals surface area (Å²) in [6, 6.07) is 7.91. The third kappa shape index (κ3) is 2.42. The van der Waals surface area contributed by atoms with Crippen LogP contribution in [0, 0.1) is 0 Å². The van der Waals surface area contributed by atoms with Gasteiger partial charge < -0.3 is 4.74 Å². The number of benzene rings is 1. The summed E-state index contributed by atoms with van der Waals surface area (Å²) in [5.74, 6) is 0.0227. The molecule has 1 aromatic carbocycles. The van der Waals surface area contributed by atoms with E-state index in [1.807, 2.05) is 24.3 Å². The lowest BCUT2D eigenvalue weighted by Gasteiger charge is -2.12. The van der Waals surface area contributed by atoms with Gasteiger partial charge in [0, 0.05) is 29.7 Å². The van der Waals surface area contributed by atoms with Gasteiger partial charge in [0.25, 0.3) is 0 Å². The molecule has 1 N–H and O–H groups in total. The van der Waals surface area contributed by atoms with Crippen LogP contribution < -0.4 is 0 Å². The van der Waals surface area contributed by atoms with Crippen LogP contribution in [0.25, 0.3) is 11.3 Å². The molecule has 1 aliphatic rings. The number of aromatic amines is 1. The monoisotopic (exact) mass is 268 g/mol. The topological polar surface area (TPSA) is 55.0 Å². The summed E-state index contributed by atoms with van der Waals surface area (Å²) >= 11 is 0. The fourth-order valence-corrected chi connectivity index (χ4v) is 2.45. The maximum atomic E-state index is 11.5. The lowest BCUT2D eigenvalue weighted by Crippen LogP contribution is -2.08. The van der Waals surface area contributed by atoms with Crippen molar-refractivity contribution >= 4 is 5.78 Å². The Kier molecular flexibility index (Phi) is 3.48. The minimum absolute atomic E-state index is 0.0227. The zero-order valence-electron chi connectivity index (χ0n) is 11.2. The Morgan fingerprint density at radius 2 is 2.40 bits per heavy atom. The van der Waals surface area contributed by atoms with Gasteiger partial charge in [-0.2, -0.15) is 5.10 Å². The molecule has 1 aliphatic heterocycles. The van der Waals surface area contributed by atoms with Gasteiger partial charge in [0.05, 0.1) is 18.9 Å². The van der Waals surface area contributed by atoms with Crippen molar-refractivity contribution in [2.24, 2.45) is 0 Å². The van der Waals surface area contributed by atoms with Crippen molar-refractivity contribution in [3.8, 4) is 11.3 Å². The van der Waals surface area contributed by atoms with E-state index in [0.717, 1.165) is 41.1 Å². The molecule has 0 unspecified atom stereocenters. The smallest absolute Gasteiger partial charge is 0.159 e. The summed E-state index contributed by atoms with van der Waals surface area (Å²) in [4.78, 5) is 11.5. The number of carbonyl (C=O) groups is 1. The molecule has 0 spiro atoms. The molecule has 2 aromatic rings. The van der Waals surface area contributed by atoms with Crippen molar-refractivity contribution in [2.45, 2.75) is 19.4 Å². The molecule has 2 heterocycles. The number of carbonyl (C=O) groups excluding carboxylic acids is 1. The number of fused-ring (bicyclic) bond motifs is 1. The lowest BCUT2D eigenvalue weighted by atomic mass is 10.0. The lowest BCUT2D eigenvalue weighted by molar-refractivity contribution is -0.114. The quantitative estimate of drug-likeness (QED) is 0.866. The molecule has 0 atom stereocenters. The predicted octanol–water partition coefficient (Wildman–Crippen LogP) is 2.45. The van der Waals surface area contributed by atoms with E-state index in [4.69, 9.17) is 4.74 Å². The first kappa shape index (κ1) is 12.8. The predicted molar refractivity (Wildman–Crippen MR) is 76.3 cm³/mol. The van der Waals surface area contributed by atoms with Crippen LogP contribution in [0.1, 0.15) is 16.8 Å². The van der Waals surface area contributed by atoms with E-state index >= 15 is 0 Å². The number of H-pyrrole nitrogens is 1. The van der Waals surface area contributed by atoms with Crippen LogP contribution in [0.4, 0.5) is 0 Å². The van der Waals surface area contributed by atoms with E-state index in [1.54, 1.807) is 0 Å². The fourth-order valence-electron chi connectivity index (χ4n) is 2.45. The van der Waals surface area contributed by atoms with Crippen LogP contribution in [-0.4, -0.2) is 22.6 Å². The summed E-state index contributed by atoms with van der Waals surface area (Å²) in [6.45, 7) is 4.84. The zero-order valence-corrected chi connectivity index (χ0v) is 11.2. The number of hydrogen-bond acceptors (Lipinski definition) is 3. The molecule has 0 fully saturated rings. The average molecular weight is 268 g/mol. The Hall–Kier alpha value is -2.20. The van der Waals surface area contributed by atoms with E-state index in [2.05, 4.69) is 16.8 Å². The van der Waals surface area contributed by atoms with Gasteiger partial charge in [0.2, 0.25) is 0 Å². The zero-order chi connectivity index (χ0) is 13.9. The molecule has 0 saturated heterocycles. The van der Waals surface area contributed by atoms with Crippen LogP contribution in [0.3, 0.4) is 0 Å². The van der Waals surface area contributed by atoms with Gasteiger partial charge in [0.15, 0.2) is 5.78 Å². The van der Waals surface area contributed by atoms with E-state index in [0.29, 0.717) is 13.0 Å². The van der Waals surface area contributed by atoms with E-state index in [-0.39, 0.29) is 5.78 Å². The minimum Gasteiger partial charge on any atom is -0.376 e. The summed E-state index contributed by atoms with van der Waals surface area (Å²) in [6.07, 6.45) is 2.61. The van der Waals surface area contributed by atoms with Gasteiger partial charge in [-0.25, -0.2) is 0 Å². The first-order valence-electron chi connectivity index (χ1n) is 6.66. The van der Waals surface area contributed by atoms with E-state index < -0.39 is 0 Å². The van der Waals surface area contributed by atoms with Gasteiger partial charge in [-0.3, -0.25) is 9.89 Å². The third-order valence-electron chi connectivity index (χ3n) is 3.50. The molecular formula is C16H16N2O2. The highest BCUT2D eigenvalue weighted by molar-refractivity contribution is 5.91. The highest BCUT2D eigenvalue weighted by atomic mass is 16.5. The summed E-state index contributed by atoms with van der Waals surface area (Å²) in [7, 11) is 0. The first-order valence-corrected chi connectivity index (χ1v) is 6.66. The largest absolute Gasteiger partial charge is 0.376 e. The molecule has 20 heavy (non-hydrogen) atoms. The molecule has 0 bridgehead atoms. The van der Waals surface area contributed by atoms with Crippen molar-refractivity contribution in [2.75, 3.05) is 6.61 Å². The number of nitrogens with zero attached hydrogens (tertiary/aromatic N) is 1. The second-order valence-corrected chi connectivity index (χ2v) is 4.88. The van der Waals surface area contributed by atoms with Gasteiger partial charge in [-0.15, -0.1) is 0 Å². The van der Waals surface area contributed by atoms with Crippen LogP contribution in [-0.2, 0) is 29.0 Å². The van der Waals surface area contributed by atoms with Crippen molar-refractivity contribution in [1.82, 2.24) is 10.2 Å². The number of ether oxygens (including phenoxy) is 1. The number of ketones is 1. The number of aromatic nitrogens is 2. The Morgan fingerprint density at radius 1 is 1.50 bits per heavy atom. The Balaban J connectivity index is 1.94. The normalized spacial score (nSPS) is 13.8. The van der Waals surface area contributed by atoms with Crippen LogP contribution in [0.2, 0.25) is 0 Å². The van der Waals surface area contributed by atoms with Gasteiger partial charge >= 0.3 is 0 Å². The first-order chi connectivity index (χ1) is 9.78. The van der Waals surface area contributed by atoms with Gasteiger partial charge in [0.1, 0.15) is 0 Å². The Labute approximate surface area is 117 Å². The Bertz CT molecular complexity index is 658. The summed E-state index contributed by atoms with van der Waals surface area (Å²) in [5.41, 5.74) is 5.19. The molecule has 0 aliphatic carbocycles. The molecule has 0 amide bonds. The molecule has 1 aromatic heterocycles. The maximum absolute atomic E-state index is 11.5. The highest BCUT2D eigenvalue weighted by Gasteiger charge is 2.18. The number of hydrogen-bond donors (Lipinski definition) is 1. The van der Waals surface area contributed by atoms with Crippen LogP contribution >= 0.6 is 0 Å². The second-order valence-electron chi connectivity index (χ2n) is 4.88. The van der Waals surface area contributed by atoms with E-state index in [9.17, 15) is 4.79 Å². The highest BCUT2D eigenvalue weighted by Crippen LogP contribution is 2.27. The summed E-state index contributed by atoms with van der Waals surface area (Å²) < 4.78 is 5.50. The molecule has 4 heteroatoms. The standard InChI is InChI=1S/C16H16N2O2/c1-2-13(19)9-11-4-3-5-12(8-11)16-14-10-20-7-6-15(14)17-18-16/h2-5,8H,1,6-7,9-10H2,(H,17,18). The number of rotatable bonds is 4. The molecule has 102 valence electrons. The van der Waals surface area contributed by atoms with Crippen molar-refractivity contribution < 1.29 is 9.53 Å². The van der Waals surface area contributed by atoms with Crippen LogP contribution in [0.15, 0.2) is 36.9 Å². The van der Waals surface area contributed by atoms with Crippen molar-refractivity contribution in [1.29, 1.82) is 0 Å². The third-order valence-corrected chi connectivity index (χ3v) is 3.50. The molecular weight excluding hydrogens is 252 g/mol. The number of nitrogens with one attached hydrogen (secondary N) is 1. The fraction of sp³-hybridized carbons (Fsp3) is 0.250. The van der Waals surface area contributed by atoms with Gasteiger partial charge in [-0.1, -0.05) is 24.8 Å². The molecule has 0 saturated carbocycles. The van der Waals surface area contributed by atoms with Crippen LogP contribution in [0.5, 0.6) is 0 Å². The minimum atomic E-state index is 0.0227. The Morgan fingerprint density at radius 3 is 3.25 bits per heavy atom. The number of allylic oxidation sites excluding steroid dienone is 1. The SMILES string of the molecule is C=CC(=O)Cc1cccc(-c2n[nH]c3c2COCC3)c1. The molecule has 4 nitrogen and oxygen atoms in total. The van der Waals surface area contributed by atoms with Crippen molar-refractivity contribution in [3.05, 3.63) is 53.7 Å².